The van der Waals surface area contributed by atoms with Crippen LogP contribution in [0.1, 0.15) is 12.5 Å². The molecule has 2 unspecified atom stereocenters. The van der Waals surface area contributed by atoms with E-state index in [0.717, 1.165) is 12.1 Å². The van der Waals surface area contributed by atoms with Gasteiger partial charge in [-0.2, -0.15) is 26.3 Å². The van der Waals surface area contributed by atoms with E-state index in [4.69, 9.17) is 0 Å². The van der Waals surface area contributed by atoms with Gasteiger partial charge in [-0.25, -0.2) is 0 Å². The Morgan fingerprint density at radius 2 is 1.21 bits per heavy atom. The zero-order chi connectivity index (χ0) is 15.1. The van der Waals surface area contributed by atoms with Gasteiger partial charge in [-0.05, 0) is 12.5 Å². The Hall–Kier alpha value is -1.28. The van der Waals surface area contributed by atoms with E-state index >= 15 is 0 Å². The van der Waals surface area contributed by atoms with E-state index in [0.29, 0.717) is 12.1 Å². The summed E-state index contributed by atoms with van der Waals surface area (Å²) in [7, 11) is 0. The summed E-state index contributed by atoms with van der Waals surface area (Å²) in [5.41, 5.74) is -9.94. The average Bonchev–Trinajstić information content (AvgIpc) is 2.25. The Bertz CT molecular complexity index is 437. The molecule has 2 atom stereocenters. The SMILES string of the molecule is CC(O)(C(F)(F)F)C(O)(c1ccccc1)C(F)(F)F. The lowest BCUT2D eigenvalue weighted by Crippen LogP contribution is -2.65. The first kappa shape index (κ1) is 15.8. The fraction of sp³-hybridized carbons (Fsp3) is 0.455. The van der Waals surface area contributed by atoms with E-state index in [2.05, 4.69) is 0 Å². The first-order chi connectivity index (χ1) is 8.36. The van der Waals surface area contributed by atoms with E-state index in [1.54, 1.807) is 0 Å². The number of aliphatic hydroxyl groups is 2. The number of hydrogen-bond donors (Lipinski definition) is 2. The second-order valence-electron chi connectivity index (χ2n) is 4.14. The monoisotopic (exact) mass is 288 g/mol. The van der Waals surface area contributed by atoms with Crippen LogP contribution in [0.15, 0.2) is 30.3 Å². The fourth-order valence-electron chi connectivity index (χ4n) is 1.61. The molecule has 0 radical (unpaired) electrons. The average molecular weight is 288 g/mol. The second-order valence-corrected chi connectivity index (χ2v) is 4.14. The molecule has 0 spiro atoms. The van der Waals surface area contributed by atoms with E-state index in [1.165, 1.54) is 6.07 Å². The van der Waals surface area contributed by atoms with E-state index in [1.807, 2.05) is 0 Å². The number of halogens is 6. The van der Waals surface area contributed by atoms with Crippen LogP contribution in [-0.2, 0) is 5.60 Å². The molecular weight excluding hydrogens is 278 g/mol. The first-order valence-electron chi connectivity index (χ1n) is 4.99. The lowest BCUT2D eigenvalue weighted by atomic mass is 9.77. The molecule has 0 aromatic heterocycles. The van der Waals surface area contributed by atoms with Gasteiger partial charge in [-0.3, -0.25) is 0 Å². The summed E-state index contributed by atoms with van der Waals surface area (Å²) in [5.74, 6) is 0. The van der Waals surface area contributed by atoms with Crippen molar-refractivity contribution in [1.29, 1.82) is 0 Å². The molecule has 8 heteroatoms. The molecule has 2 N–H and O–H groups in total. The third-order valence-corrected chi connectivity index (χ3v) is 2.86. The van der Waals surface area contributed by atoms with Crippen LogP contribution in [0.25, 0.3) is 0 Å². The van der Waals surface area contributed by atoms with Crippen LogP contribution < -0.4 is 0 Å². The molecular formula is C11H10F6O2. The summed E-state index contributed by atoms with van der Waals surface area (Å²) in [5, 5.41) is 18.9. The lowest BCUT2D eigenvalue weighted by Gasteiger charge is -2.43. The van der Waals surface area contributed by atoms with Crippen LogP contribution in [0.4, 0.5) is 26.3 Å². The molecule has 2 nitrogen and oxygen atoms in total. The van der Waals surface area contributed by atoms with Gasteiger partial charge in [-0.15, -0.1) is 0 Å². The minimum atomic E-state index is -5.71. The van der Waals surface area contributed by atoms with Crippen molar-refractivity contribution >= 4 is 0 Å². The maximum Gasteiger partial charge on any atom is 0.424 e. The molecule has 0 fully saturated rings. The molecule has 1 rings (SSSR count). The van der Waals surface area contributed by atoms with Crippen molar-refractivity contribution in [3.8, 4) is 0 Å². The number of rotatable bonds is 2. The Morgan fingerprint density at radius 3 is 1.53 bits per heavy atom. The van der Waals surface area contributed by atoms with Gasteiger partial charge in [0.1, 0.15) is 0 Å². The van der Waals surface area contributed by atoms with Crippen LogP contribution in [-0.4, -0.2) is 28.2 Å². The van der Waals surface area contributed by atoms with Gasteiger partial charge in [0, 0.05) is 0 Å². The Kier molecular flexibility index (Phi) is 3.64. The minimum absolute atomic E-state index is 0.118. The summed E-state index contributed by atoms with van der Waals surface area (Å²) < 4.78 is 76.6. The van der Waals surface area contributed by atoms with Crippen LogP contribution in [0, 0.1) is 0 Å². The summed E-state index contributed by atoms with van der Waals surface area (Å²) >= 11 is 0. The smallest absolute Gasteiger partial charge is 0.378 e. The van der Waals surface area contributed by atoms with Crippen molar-refractivity contribution in [3.05, 3.63) is 35.9 Å². The molecule has 0 amide bonds. The molecule has 108 valence electrons. The van der Waals surface area contributed by atoms with E-state index in [-0.39, 0.29) is 6.92 Å². The van der Waals surface area contributed by atoms with Crippen molar-refractivity contribution in [2.24, 2.45) is 0 Å². The molecule has 0 saturated heterocycles. The Balaban J connectivity index is 3.57. The van der Waals surface area contributed by atoms with Gasteiger partial charge in [0.05, 0.1) is 0 Å². The van der Waals surface area contributed by atoms with Gasteiger partial charge in [-0.1, -0.05) is 30.3 Å². The van der Waals surface area contributed by atoms with Crippen molar-refractivity contribution < 1.29 is 36.6 Å². The topological polar surface area (TPSA) is 40.5 Å². The number of hydrogen-bond acceptors (Lipinski definition) is 2. The van der Waals surface area contributed by atoms with Crippen molar-refractivity contribution in [1.82, 2.24) is 0 Å². The van der Waals surface area contributed by atoms with Crippen molar-refractivity contribution in [2.45, 2.75) is 30.5 Å². The zero-order valence-electron chi connectivity index (χ0n) is 9.55. The highest BCUT2D eigenvalue weighted by molar-refractivity contribution is 5.29. The normalized spacial score (nSPS) is 19.6. The van der Waals surface area contributed by atoms with Crippen LogP contribution in [0.2, 0.25) is 0 Å². The summed E-state index contributed by atoms with van der Waals surface area (Å²) in [4.78, 5) is 0. The molecule has 0 bridgehead atoms. The largest absolute Gasteiger partial charge is 0.424 e. The standard InChI is InChI=1S/C11H10F6O2/c1-8(18,10(12,13)14)9(19,11(15,16)17)7-5-3-2-4-6-7/h2-6,18-19H,1H3. The first-order valence-corrected chi connectivity index (χ1v) is 4.99. The molecule has 19 heavy (non-hydrogen) atoms. The predicted molar refractivity (Wildman–Crippen MR) is 53.1 cm³/mol. The van der Waals surface area contributed by atoms with Gasteiger partial charge in [0.25, 0.3) is 0 Å². The van der Waals surface area contributed by atoms with E-state index in [9.17, 15) is 36.6 Å². The molecule has 0 aliphatic carbocycles. The van der Waals surface area contributed by atoms with Crippen LogP contribution in [0.5, 0.6) is 0 Å². The van der Waals surface area contributed by atoms with E-state index < -0.39 is 29.1 Å². The Morgan fingerprint density at radius 1 is 0.789 bits per heavy atom. The fourth-order valence-corrected chi connectivity index (χ4v) is 1.61. The maximum absolute atomic E-state index is 12.9. The van der Waals surface area contributed by atoms with Gasteiger partial charge < -0.3 is 10.2 Å². The summed E-state index contributed by atoms with van der Waals surface area (Å²) in [6.45, 7) is -0.118. The van der Waals surface area contributed by atoms with Crippen molar-refractivity contribution in [3.63, 3.8) is 0 Å². The lowest BCUT2D eigenvalue weighted by molar-refractivity contribution is -0.386. The quantitative estimate of drug-likeness (QED) is 0.822. The van der Waals surface area contributed by atoms with Gasteiger partial charge >= 0.3 is 12.4 Å². The summed E-state index contributed by atoms with van der Waals surface area (Å²) in [6.07, 6.45) is -11.4. The highest BCUT2D eigenvalue weighted by Crippen LogP contribution is 2.52. The Labute approximate surface area is 104 Å². The second kappa shape index (κ2) is 4.38. The molecule has 0 saturated carbocycles. The number of alkyl halides is 6. The third-order valence-electron chi connectivity index (χ3n) is 2.86. The van der Waals surface area contributed by atoms with Crippen LogP contribution in [0.3, 0.4) is 0 Å². The highest BCUT2D eigenvalue weighted by atomic mass is 19.4. The summed E-state index contributed by atoms with van der Waals surface area (Å²) in [6, 6.07) is 4.64. The highest BCUT2D eigenvalue weighted by Gasteiger charge is 2.74. The molecule has 1 aromatic rings. The minimum Gasteiger partial charge on any atom is -0.378 e. The van der Waals surface area contributed by atoms with Crippen molar-refractivity contribution in [2.75, 3.05) is 0 Å². The third kappa shape index (κ3) is 2.30. The molecule has 0 heterocycles. The predicted octanol–water partition coefficient (Wildman–Crippen LogP) is 2.75. The van der Waals surface area contributed by atoms with Gasteiger partial charge in [0.15, 0.2) is 5.60 Å². The van der Waals surface area contributed by atoms with Gasteiger partial charge in [0.2, 0.25) is 5.60 Å². The zero-order valence-corrected chi connectivity index (χ0v) is 9.55. The molecule has 0 aliphatic rings. The molecule has 1 aromatic carbocycles. The van der Waals surface area contributed by atoms with Crippen LogP contribution >= 0.6 is 0 Å². The molecule has 0 aliphatic heterocycles. The maximum atomic E-state index is 12.9. The number of benzene rings is 1.